The highest BCUT2D eigenvalue weighted by Gasteiger charge is 2.56. The normalized spacial score (nSPS) is 15.7. The second kappa shape index (κ2) is 3.93. The SMILES string of the molecule is F/C(=C/C(F)(F)C(F)(F)F)CC(F)(F)F. The van der Waals surface area contributed by atoms with Gasteiger partial charge in [-0.05, 0) is 0 Å². The molecule has 0 aliphatic rings. The van der Waals surface area contributed by atoms with Crippen molar-refractivity contribution in [2.75, 3.05) is 0 Å². The fourth-order valence-electron chi connectivity index (χ4n) is 0.521. The highest BCUT2D eigenvalue weighted by Crippen LogP contribution is 2.38. The van der Waals surface area contributed by atoms with E-state index < -0.39 is 36.6 Å². The van der Waals surface area contributed by atoms with Crippen molar-refractivity contribution in [2.24, 2.45) is 0 Å². The van der Waals surface area contributed by atoms with Crippen molar-refractivity contribution in [3.63, 3.8) is 0 Å². The van der Waals surface area contributed by atoms with Crippen LogP contribution in [-0.4, -0.2) is 18.3 Å². The van der Waals surface area contributed by atoms with Crippen LogP contribution < -0.4 is 0 Å². The summed E-state index contributed by atoms with van der Waals surface area (Å²) in [4.78, 5) is 0. The number of allylic oxidation sites excluding steroid dienone is 2. The van der Waals surface area contributed by atoms with Crippen molar-refractivity contribution in [1.82, 2.24) is 0 Å². The van der Waals surface area contributed by atoms with Gasteiger partial charge in [-0.3, -0.25) is 0 Å². The zero-order valence-corrected chi connectivity index (χ0v) is 6.69. The molecule has 90 valence electrons. The summed E-state index contributed by atoms with van der Waals surface area (Å²) in [6, 6.07) is 0. The minimum Gasteiger partial charge on any atom is -0.212 e. The molecule has 0 amide bonds. The van der Waals surface area contributed by atoms with E-state index in [9.17, 15) is 39.5 Å². The molecule has 0 aromatic rings. The number of hydrogen-bond acceptors (Lipinski definition) is 0. The smallest absolute Gasteiger partial charge is 0.212 e. The topological polar surface area (TPSA) is 0 Å². The van der Waals surface area contributed by atoms with Crippen LogP contribution in [0.2, 0.25) is 0 Å². The van der Waals surface area contributed by atoms with Gasteiger partial charge < -0.3 is 0 Å². The van der Waals surface area contributed by atoms with Gasteiger partial charge in [-0.25, -0.2) is 4.39 Å². The lowest BCUT2D eigenvalue weighted by Crippen LogP contribution is -2.34. The number of halogens is 9. The molecule has 0 spiro atoms. The summed E-state index contributed by atoms with van der Waals surface area (Å²) in [6.07, 6.45) is -15.1. The quantitative estimate of drug-likeness (QED) is 0.646. The first-order chi connectivity index (χ1) is 6.35. The lowest BCUT2D eigenvalue weighted by Gasteiger charge is -2.16. The minimum atomic E-state index is -6.12. The molecule has 0 radical (unpaired) electrons. The van der Waals surface area contributed by atoms with Crippen molar-refractivity contribution in [3.05, 3.63) is 11.9 Å². The molecule has 0 aromatic carbocycles. The molecule has 0 aliphatic heterocycles. The average molecular weight is 246 g/mol. The van der Waals surface area contributed by atoms with E-state index >= 15 is 0 Å². The number of alkyl halides is 8. The van der Waals surface area contributed by atoms with Crippen molar-refractivity contribution < 1.29 is 39.5 Å². The van der Waals surface area contributed by atoms with Gasteiger partial charge in [0.25, 0.3) is 0 Å². The maximum atomic E-state index is 12.1. The van der Waals surface area contributed by atoms with Crippen molar-refractivity contribution in [3.8, 4) is 0 Å². The average Bonchev–Trinajstić information content (AvgIpc) is 1.75. The predicted octanol–water partition coefficient (Wildman–Crippen LogP) is 3.99. The lowest BCUT2D eigenvalue weighted by atomic mass is 10.2. The third-order valence-corrected chi connectivity index (χ3v) is 1.09. The Labute approximate surface area is 77.4 Å². The lowest BCUT2D eigenvalue weighted by molar-refractivity contribution is -0.260. The molecule has 0 saturated carbocycles. The molecule has 0 fully saturated rings. The molecular weight excluding hydrogens is 243 g/mol. The van der Waals surface area contributed by atoms with E-state index in [2.05, 4.69) is 0 Å². The Hall–Kier alpha value is -0.890. The Kier molecular flexibility index (Phi) is 3.70. The van der Waals surface area contributed by atoms with E-state index in [4.69, 9.17) is 0 Å². The molecule has 0 N–H and O–H groups in total. The first-order valence-corrected chi connectivity index (χ1v) is 3.24. The van der Waals surface area contributed by atoms with Crippen LogP contribution in [0, 0.1) is 0 Å². The molecule has 0 bridgehead atoms. The Morgan fingerprint density at radius 1 is 0.867 bits per heavy atom. The van der Waals surface area contributed by atoms with Gasteiger partial charge in [-0.2, -0.15) is 35.1 Å². The van der Waals surface area contributed by atoms with Crippen LogP contribution in [0.15, 0.2) is 11.9 Å². The van der Waals surface area contributed by atoms with Gasteiger partial charge in [-0.1, -0.05) is 0 Å². The van der Waals surface area contributed by atoms with Crippen LogP contribution in [0.25, 0.3) is 0 Å². The molecule has 0 atom stereocenters. The van der Waals surface area contributed by atoms with Crippen molar-refractivity contribution in [2.45, 2.75) is 24.7 Å². The third kappa shape index (κ3) is 4.93. The monoisotopic (exact) mass is 246 g/mol. The number of hydrogen-bond donors (Lipinski definition) is 0. The van der Waals surface area contributed by atoms with E-state index in [1.165, 1.54) is 0 Å². The van der Waals surface area contributed by atoms with Gasteiger partial charge >= 0.3 is 18.3 Å². The molecule has 0 aliphatic carbocycles. The highest BCUT2D eigenvalue weighted by molar-refractivity contribution is 5.05. The summed E-state index contributed by atoms with van der Waals surface area (Å²) in [5, 5.41) is 0. The summed E-state index contributed by atoms with van der Waals surface area (Å²) in [7, 11) is 0. The van der Waals surface area contributed by atoms with E-state index in [1.807, 2.05) is 0 Å². The van der Waals surface area contributed by atoms with Gasteiger partial charge in [0.2, 0.25) is 0 Å². The van der Waals surface area contributed by atoms with Crippen molar-refractivity contribution >= 4 is 0 Å². The molecule has 15 heavy (non-hydrogen) atoms. The maximum absolute atomic E-state index is 12.1. The van der Waals surface area contributed by atoms with Crippen LogP contribution in [-0.2, 0) is 0 Å². The van der Waals surface area contributed by atoms with Crippen LogP contribution in [0.5, 0.6) is 0 Å². The molecule has 0 nitrogen and oxygen atoms in total. The Balaban J connectivity index is 4.76. The van der Waals surface area contributed by atoms with Gasteiger partial charge in [0.1, 0.15) is 5.83 Å². The number of rotatable bonds is 2. The first-order valence-electron chi connectivity index (χ1n) is 3.24. The first kappa shape index (κ1) is 14.1. The van der Waals surface area contributed by atoms with Gasteiger partial charge in [0.15, 0.2) is 0 Å². The summed E-state index contributed by atoms with van der Waals surface area (Å²) in [5.41, 5.74) is 0. The Morgan fingerprint density at radius 2 is 1.27 bits per heavy atom. The zero-order valence-electron chi connectivity index (χ0n) is 6.69. The molecular formula is C6H3F9. The molecule has 9 heteroatoms. The van der Waals surface area contributed by atoms with Crippen LogP contribution in [0.4, 0.5) is 39.5 Å². The van der Waals surface area contributed by atoms with Gasteiger partial charge in [0.05, 0.1) is 6.42 Å². The summed E-state index contributed by atoms with van der Waals surface area (Å²) in [6.45, 7) is 0. The van der Waals surface area contributed by atoms with Crippen LogP contribution in [0.3, 0.4) is 0 Å². The van der Waals surface area contributed by atoms with Gasteiger partial charge in [0, 0.05) is 6.08 Å². The van der Waals surface area contributed by atoms with E-state index in [0.717, 1.165) is 0 Å². The Bertz CT molecular complexity index is 242. The fourth-order valence-corrected chi connectivity index (χ4v) is 0.521. The second-order valence-electron chi connectivity index (χ2n) is 2.50. The predicted molar refractivity (Wildman–Crippen MR) is 30.9 cm³/mol. The van der Waals surface area contributed by atoms with E-state index in [-0.39, 0.29) is 0 Å². The van der Waals surface area contributed by atoms with Crippen LogP contribution >= 0.6 is 0 Å². The zero-order chi connectivity index (χ0) is 12.5. The minimum absolute atomic E-state index is 1.39. The molecule has 0 saturated heterocycles. The molecule has 0 unspecified atom stereocenters. The Morgan fingerprint density at radius 3 is 1.53 bits per heavy atom. The van der Waals surface area contributed by atoms with Gasteiger partial charge in [-0.15, -0.1) is 0 Å². The maximum Gasteiger partial charge on any atom is 0.457 e. The fraction of sp³-hybridized carbons (Fsp3) is 0.667. The molecule has 0 aromatic heterocycles. The third-order valence-electron chi connectivity index (χ3n) is 1.09. The summed E-state index contributed by atoms with van der Waals surface area (Å²) < 4.78 is 104. The second-order valence-corrected chi connectivity index (χ2v) is 2.50. The van der Waals surface area contributed by atoms with E-state index in [1.54, 1.807) is 0 Å². The largest absolute Gasteiger partial charge is 0.457 e. The summed E-state index contributed by atoms with van der Waals surface area (Å²) >= 11 is 0. The summed E-state index contributed by atoms with van der Waals surface area (Å²) in [5.74, 6) is -8.19. The molecule has 0 rings (SSSR count). The van der Waals surface area contributed by atoms with Crippen LogP contribution in [0.1, 0.15) is 6.42 Å². The molecule has 0 heterocycles. The van der Waals surface area contributed by atoms with Crippen molar-refractivity contribution in [1.29, 1.82) is 0 Å². The standard InChI is InChI=1S/C6H3F9/c7-3(2-5(10,11)12)1-4(8,9)6(13,14)15/h1H,2H2/b3-1+. The van der Waals surface area contributed by atoms with E-state index in [0.29, 0.717) is 0 Å². The highest BCUT2D eigenvalue weighted by atomic mass is 19.4.